The summed E-state index contributed by atoms with van der Waals surface area (Å²) in [6.07, 6.45) is 7.66. The average molecular weight is 374 g/mol. The van der Waals surface area contributed by atoms with Gasteiger partial charge < -0.3 is 4.48 Å². The topological polar surface area (TPSA) is 23.8 Å². The van der Waals surface area contributed by atoms with Gasteiger partial charge >= 0.3 is 0 Å². The van der Waals surface area contributed by atoms with Crippen LogP contribution in [0.2, 0.25) is 0 Å². The van der Waals surface area contributed by atoms with Crippen molar-refractivity contribution in [1.29, 1.82) is 5.26 Å². The first-order valence-electron chi connectivity index (χ1n) is 11.1. The molecule has 0 amide bonds. The van der Waals surface area contributed by atoms with Crippen molar-refractivity contribution in [2.75, 3.05) is 26.2 Å². The maximum Gasteiger partial charge on any atom is 0.118 e. The van der Waals surface area contributed by atoms with Crippen LogP contribution in [0, 0.1) is 16.7 Å². The van der Waals surface area contributed by atoms with Crippen molar-refractivity contribution in [2.24, 2.45) is 5.41 Å². The predicted molar refractivity (Wildman–Crippen MR) is 115 cm³/mol. The molecule has 2 heteroatoms. The molecule has 0 unspecified atom stereocenters. The van der Waals surface area contributed by atoms with E-state index in [0.717, 1.165) is 19.4 Å². The molecular formula is C26H33N2+. The van der Waals surface area contributed by atoms with Crippen LogP contribution in [0.15, 0.2) is 60.7 Å². The first-order valence-corrected chi connectivity index (χ1v) is 11.1. The van der Waals surface area contributed by atoms with Crippen molar-refractivity contribution in [3.05, 3.63) is 71.8 Å². The summed E-state index contributed by atoms with van der Waals surface area (Å²) in [5.74, 6) is 0. The van der Waals surface area contributed by atoms with E-state index in [4.69, 9.17) is 0 Å². The Morgan fingerprint density at radius 1 is 0.893 bits per heavy atom. The smallest absolute Gasteiger partial charge is 0.118 e. The molecule has 0 radical (unpaired) electrons. The van der Waals surface area contributed by atoms with Gasteiger partial charge in [0.25, 0.3) is 0 Å². The van der Waals surface area contributed by atoms with E-state index in [9.17, 15) is 5.26 Å². The number of hydrogen-bond donors (Lipinski definition) is 0. The van der Waals surface area contributed by atoms with E-state index in [0.29, 0.717) is 0 Å². The van der Waals surface area contributed by atoms with E-state index in [2.05, 4.69) is 73.7 Å². The Balaban J connectivity index is 1.72. The Bertz CT molecular complexity index is 771. The SMILES string of the molecule is CCCCCC[N+]12CCC(C(C#N)(c3ccccc3)c3ccccc3)(CC1)C2. The summed E-state index contributed by atoms with van der Waals surface area (Å²) in [5.41, 5.74) is 1.86. The highest BCUT2D eigenvalue weighted by Crippen LogP contribution is 2.59. The van der Waals surface area contributed by atoms with Gasteiger partial charge in [-0.05, 0) is 24.0 Å². The third-order valence-corrected chi connectivity index (χ3v) is 7.63. The van der Waals surface area contributed by atoms with E-state index in [1.807, 2.05) is 0 Å². The fraction of sp³-hybridized carbons (Fsp3) is 0.500. The lowest BCUT2D eigenvalue weighted by atomic mass is 9.56. The second kappa shape index (κ2) is 7.72. The number of rotatable bonds is 8. The normalized spacial score (nSPS) is 26.3. The van der Waals surface area contributed by atoms with E-state index in [-0.39, 0.29) is 5.41 Å². The molecule has 0 saturated carbocycles. The molecule has 2 saturated heterocycles. The summed E-state index contributed by atoms with van der Waals surface area (Å²) < 4.78 is 1.24. The molecule has 2 aliphatic heterocycles. The molecule has 0 aromatic heterocycles. The van der Waals surface area contributed by atoms with Crippen molar-refractivity contribution in [2.45, 2.75) is 50.9 Å². The van der Waals surface area contributed by atoms with Crippen molar-refractivity contribution in [1.82, 2.24) is 0 Å². The van der Waals surface area contributed by atoms with Gasteiger partial charge in [-0.2, -0.15) is 5.26 Å². The van der Waals surface area contributed by atoms with Gasteiger partial charge in [0.2, 0.25) is 0 Å². The Morgan fingerprint density at radius 3 is 1.96 bits per heavy atom. The highest BCUT2D eigenvalue weighted by atomic mass is 15.4. The predicted octanol–water partition coefficient (Wildman–Crippen LogP) is 5.69. The Labute approximate surface area is 170 Å². The molecule has 2 nitrogen and oxygen atoms in total. The van der Waals surface area contributed by atoms with Crippen LogP contribution in [-0.2, 0) is 5.41 Å². The quantitative estimate of drug-likeness (QED) is 0.431. The molecule has 2 aromatic carbocycles. The summed E-state index contributed by atoms with van der Waals surface area (Å²) >= 11 is 0. The number of fused-ring (bicyclic) bond motifs is 2. The fourth-order valence-electron chi connectivity index (χ4n) is 6.17. The van der Waals surface area contributed by atoms with Gasteiger partial charge in [-0.25, -0.2) is 0 Å². The van der Waals surface area contributed by atoms with Crippen LogP contribution >= 0.6 is 0 Å². The standard InChI is InChI=1S/C26H33N2/c1-2-3-4-11-18-28-19-16-25(22-28,17-20-28)26(21-27,23-12-7-5-8-13-23)24-14-9-6-10-15-24/h5-10,12-15H,2-4,11,16-20,22H2,1H3/q+1. The molecule has 0 spiro atoms. The molecule has 0 atom stereocenters. The first-order chi connectivity index (χ1) is 13.7. The molecule has 2 heterocycles. The molecule has 2 aliphatic rings. The molecule has 28 heavy (non-hydrogen) atoms. The van der Waals surface area contributed by atoms with E-state index >= 15 is 0 Å². The van der Waals surface area contributed by atoms with Crippen LogP contribution in [0.1, 0.15) is 56.6 Å². The molecule has 0 N–H and O–H groups in total. The summed E-state index contributed by atoms with van der Waals surface area (Å²) in [6, 6.07) is 24.1. The third kappa shape index (κ3) is 2.97. The van der Waals surface area contributed by atoms with Crippen molar-refractivity contribution >= 4 is 0 Å². The molecule has 4 rings (SSSR count). The highest BCUT2D eigenvalue weighted by Gasteiger charge is 2.66. The fourth-order valence-corrected chi connectivity index (χ4v) is 6.17. The molecule has 2 fully saturated rings. The lowest BCUT2D eigenvalue weighted by molar-refractivity contribution is -0.909. The number of nitriles is 1. The van der Waals surface area contributed by atoms with Gasteiger partial charge in [-0.1, -0.05) is 80.4 Å². The van der Waals surface area contributed by atoms with Crippen molar-refractivity contribution < 1.29 is 4.48 Å². The van der Waals surface area contributed by atoms with Gasteiger partial charge in [0.1, 0.15) is 5.41 Å². The van der Waals surface area contributed by atoms with Crippen LogP contribution in [0.5, 0.6) is 0 Å². The van der Waals surface area contributed by atoms with Crippen LogP contribution < -0.4 is 0 Å². The molecular weight excluding hydrogens is 340 g/mol. The van der Waals surface area contributed by atoms with Gasteiger partial charge in [0.15, 0.2) is 0 Å². The maximum absolute atomic E-state index is 10.7. The van der Waals surface area contributed by atoms with Crippen molar-refractivity contribution in [3.8, 4) is 6.07 Å². The zero-order valence-corrected chi connectivity index (χ0v) is 17.2. The lowest BCUT2D eigenvalue weighted by Crippen LogP contribution is -2.46. The van der Waals surface area contributed by atoms with Crippen LogP contribution in [-0.4, -0.2) is 30.7 Å². The Morgan fingerprint density at radius 2 is 1.46 bits per heavy atom. The number of nitrogens with zero attached hydrogens (tertiary/aromatic N) is 2. The molecule has 0 aliphatic carbocycles. The highest BCUT2D eigenvalue weighted by molar-refractivity contribution is 5.49. The second-order valence-electron chi connectivity index (χ2n) is 9.11. The van der Waals surface area contributed by atoms with Crippen LogP contribution in [0.3, 0.4) is 0 Å². The summed E-state index contributed by atoms with van der Waals surface area (Å²) in [4.78, 5) is 0. The number of piperidine rings is 1. The van der Waals surface area contributed by atoms with Crippen molar-refractivity contribution in [3.63, 3.8) is 0 Å². The van der Waals surface area contributed by atoms with Crippen LogP contribution in [0.25, 0.3) is 0 Å². The lowest BCUT2D eigenvalue weighted by Gasteiger charge is -2.41. The zero-order chi connectivity index (χ0) is 19.5. The minimum Gasteiger partial charge on any atom is -0.323 e. The van der Waals surface area contributed by atoms with E-state index in [1.165, 1.54) is 60.9 Å². The van der Waals surface area contributed by atoms with E-state index in [1.54, 1.807) is 0 Å². The van der Waals surface area contributed by atoms with Gasteiger partial charge in [0, 0.05) is 12.8 Å². The number of benzene rings is 2. The van der Waals surface area contributed by atoms with Crippen LogP contribution in [0.4, 0.5) is 0 Å². The Kier molecular flexibility index (Phi) is 5.30. The summed E-state index contributed by atoms with van der Waals surface area (Å²) in [5, 5.41) is 10.7. The minimum atomic E-state index is -0.546. The number of unbranched alkanes of at least 4 members (excludes halogenated alkanes) is 3. The largest absolute Gasteiger partial charge is 0.323 e. The first kappa shape index (κ1) is 19.2. The third-order valence-electron chi connectivity index (χ3n) is 7.63. The van der Waals surface area contributed by atoms with Gasteiger partial charge in [-0.15, -0.1) is 0 Å². The summed E-state index contributed by atoms with van der Waals surface area (Å²) in [7, 11) is 0. The molecule has 146 valence electrons. The minimum absolute atomic E-state index is 0.0508. The Hall–Kier alpha value is -2.11. The number of quaternary nitrogens is 1. The monoisotopic (exact) mass is 373 g/mol. The maximum atomic E-state index is 10.7. The summed E-state index contributed by atoms with van der Waals surface area (Å²) in [6.45, 7) is 7.23. The zero-order valence-electron chi connectivity index (χ0n) is 17.2. The van der Waals surface area contributed by atoms with Gasteiger partial charge in [-0.3, -0.25) is 0 Å². The van der Waals surface area contributed by atoms with Gasteiger partial charge in [0.05, 0.1) is 37.7 Å². The number of hydrogen-bond acceptors (Lipinski definition) is 1. The molecule has 2 aromatic rings. The average Bonchev–Trinajstić information content (AvgIpc) is 3.32. The second-order valence-corrected chi connectivity index (χ2v) is 9.11. The molecule has 2 bridgehead atoms. The van der Waals surface area contributed by atoms with E-state index < -0.39 is 5.41 Å².